The molecule has 0 saturated heterocycles. The highest BCUT2D eigenvalue weighted by atomic mass is 35.5. The smallest absolute Gasteiger partial charge is 0.351 e. The Morgan fingerprint density at radius 1 is 0.792 bits per heavy atom. The van der Waals surface area contributed by atoms with E-state index in [1.54, 1.807) is 30.3 Å². The molecular formula is C19H15ClO4. The first-order valence-corrected chi connectivity index (χ1v) is 7.64. The average Bonchev–Trinajstić information content (AvgIpc) is 2.63. The lowest BCUT2D eigenvalue weighted by Crippen LogP contribution is -2.12. The second-order valence-corrected chi connectivity index (χ2v) is 5.43. The van der Waals surface area contributed by atoms with Crippen molar-refractivity contribution in [2.45, 2.75) is 0 Å². The maximum absolute atomic E-state index is 12.7. The molecule has 4 nitrogen and oxygen atoms in total. The van der Waals surface area contributed by atoms with Crippen molar-refractivity contribution >= 4 is 28.3 Å². The van der Waals surface area contributed by atoms with E-state index in [0.29, 0.717) is 22.3 Å². The van der Waals surface area contributed by atoms with Crippen molar-refractivity contribution in [3.63, 3.8) is 0 Å². The molecule has 0 N–H and O–H groups in total. The Kier molecular flexibility index (Phi) is 4.58. The van der Waals surface area contributed by atoms with Crippen LogP contribution >= 0.6 is 11.6 Å². The summed E-state index contributed by atoms with van der Waals surface area (Å²) in [6.45, 7) is 0. The molecule has 0 heterocycles. The highest BCUT2D eigenvalue weighted by molar-refractivity contribution is 6.35. The molecule has 0 unspecified atom stereocenters. The van der Waals surface area contributed by atoms with Crippen molar-refractivity contribution in [1.29, 1.82) is 0 Å². The van der Waals surface area contributed by atoms with Gasteiger partial charge in [-0.05, 0) is 24.3 Å². The van der Waals surface area contributed by atoms with E-state index < -0.39 is 5.97 Å². The van der Waals surface area contributed by atoms with Gasteiger partial charge in [0.15, 0.2) is 0 Å². The molecule has 0 aliphatic rings. The van der Waals surface area contributed by atoms with Crippen molar-refractivity contribution < 1.29 is 19.0 Å². The molecule has 0 fully saturated rings. The van der Waals surface area contributed by atoms with Crippen molar-refractivity contribution in [3.8, 4) is 17.2 Å². The van der Waals surface area contributed by atoms with E-state index in [9.17, 15) is 4.79 Å². The molecule has 3 aromatic carbocycles. The Morgan fingerprint density at radius 3 is 2.04 bits per heavy atom. The van der Waals surface area contributed by atoms with Crippen LogP contribution in [0.5, 0.6) is 17.2 Å². The van der Waals surface area contributed by atoms with E-state index in [4.69, 9.17) is 25.8 Å². The standard InChI is InChI=1S/C19H15ClO4/c1-22-16-8-5-9-17(23-2)18(16)19(21)24-15-11-10-14(20)12-6-3-4-7-13(12)15/h3-11H,1-2H3. The molecule has 0 bridgehead atoms. The Balaban J connectivity index is 2.04. The zero-order valence-corrected chi connectivity index (χ0v) is 14.0. The van der Waals surface area contributed by atoms with Crippen LogP contribution in [0, 0.1) is 0 Å². The topological polar surface area (TPSA) is 44.8 Å². The minimum absolute atomic E-state index is 0.238. The Bertz CT molecular complexity index is 883. The molecular weight excluding hydrogens is 328 g/mol. The fraction of sp³-hybridized carbons (Fsp3) is 0.105. The Morgan fingerprint density at radius 2 is 1.42 bits per heavy atom. The number of carbonyl (C=O) groups is 1. The molecule has 0 spiro atoms. The molecule has 0 aromatic heterocycles. The van der Waals surface area contributed by atoms with E-state index >= 15 is 0 Å². The summed E-state index contributed by atoms with van der Waals surface area (Å²) in [5.74, 6) is 0.639. The molecule has 0 aliphatic heterocycles. The molecule has 24 heavy (non-hydrogen) atoms. The van der Waals surface area contributed by atoms with Gasteiger partial charge in [-0.3, -0.25) is 0 Å². The van der Waals surface area contributed by atoms with Crippen LogP contribution in [-0.4, -0.2) is 20.2 Å². The molecule has 0 atom stereocenters. The van der Waals surface area contributed by atoms with Crippen LogP contribution < -0.4 is 14.2 Å². The van der Waals surface area contributed by atoms with Gasteiger partial charge in [-0.25, -0.2) is 4.79 Å². The number of methoxy groups -OCH3 is 2. The number of hydrogen-bond acceptors (Lipinski definition) is 4. The minimum Gasteiger partial charge on any atom is -0.496 e. The Labute approximate surface area is 144 Å². The number of rotatable bonds is 4. The third kappa shape index (κ3) is 2.88. The predicted octanol–water partition coefficient (Wildman–Crippen LogP) is 4.73. The summed E-state index contributed by atoms with van der Waals surface area (Å²) in [6, 6.07) is 15.9. The normalized spacial score (nSPS) is 10.5. The summed E-state index contributed by atoms with van der Waals surface area (Å²) in [4.78, 5) is 12.7. The van der Waals surface area contributed by atoms with Gasteiger partial charge in [0.25, 0.3) is 0 Å². The number of ether oxygens (including phenoxy) is 3. The van der Waals surface area contributed by atoms with Gasteiger partial charge in [0.05, 0.1) is 14.2 Å². The minimum atomic E-state index is -0.559. The van der Waals surface area contributed by atoms with Gasteiger partial charge in [-0.2, -0.15) is 0 Å². The lowest BCUT2D eigenvalue weighted by atomic mass is 10.1. The van der Waals surface area contributed by atoms with E-state index in [2.05, 4.69) is 0 Å². The maximum Gasteiger partial charge on any atom is 0.351 e. The zero-order valence-electron chi connectivity index (χ0n) is 13.2. The van der Waals surface area contributed by atoms with Crippen LogP contribution in [0.3, 0.4) is 0 Å². The molecule has 3 rings (SSSR count). The van der Waals surface area contributed by atoms with Gasteiger partial charge in [0, 0.05) is 15.8 Å². The summed E-state index contributed by atoms with van der Waals surface area (Å²) in [5.41, 5.74) is 0.238. The number of esters is 1. The number of carbonyl (C=O) groups excluding carboxylic acids is 1. The third-order valence-corrected chi connectivity index (χ3v) is 4.00. The van der Waals surface area contributed by atoms with Crippen LogP contribution in [0.4, 0.5) is 0 Å². The molecule has 0 saturated carbocycles. The monoisotopic (exact) mass is 342 g/mol. The summed E-state index contributed by atoms with van der Waals surface area (Å²) in [7, 11) is 2.98. The van der Waals surface area contributed by atoms with E-state index in [0.717, 1.165) is 10.8 Å². The highest BCUT2D eigenvalue weighted by Gasteiger charge is 2.21. The van der Waals surface area contributed by atoms with Gasteiger partial charge in [0.1, 0.15) is 22.8 Å². The van der Waals surface area contributed by atoms with E-state index in [1.807, 2.05) is 24.3 Å². The number of fused-ring (bicyclic) bond motifs is 1. The van der Waals surface area contributed by atoms with Gasteiger partial charge < -0.3 is 14.2 Å². The van der Waals surface area contributed by atoms with Crippen LogP contribution in [-0.2, 0) is 0 Å². The van der Waals surface area contributed by atoms with Crippen LogP contribution in [0.25, 0.3) is 10.8 Å². The van der Waals surface area contributed by atoms with Crippen molar-refractivity contribution in [3.05, 3.63) is 65.2 Å². The summed E-state index contributed by atoms with van der Waals surface area (Å²) < 4.78 is 16.1. The van der Waals surface area contributed by atoms with Gasteiger partial charge >= 0.3 is 5.97 Å². The lowest BCUT2D eigenvalue weighted by Gasteiger charge is -2.13. The fourth-order valence-electron chi connectivity index (χ4n) is 2.53. The van der Waals surface area contributed by atoms with Gasteiger partial charge in [-0.1, -0.05) is 41.9 Å². The van der Waals surface area contributed by atoms with Crippen LogP contribution in [0.15, 0.2) is 54.6 Å². The first-order chi connectivity index (χ1) is 11.7. The maximum atomic E-state index is 12.7. The second-order valence-electron chi connectivity index (χ2n) is 5.02. The van der Waals surface area contributed by atoms with Gasteiger partial charge in [0.2, 0.25) is 0 Å². The molecule has 3 aromatic rings. The van der Waals surface area contributed by atoms with Crippen molar-refractivity contribution in [2.24, 2.45) is 0 Å². The second kappa shape index (κ2) is 6.81. The van der Waals surface area contributed by atoms with E-state index in [1.165, 1.54) is 14.2 Å². The first kappa shape index (κ1) is 16.1. The van der Waals surface area contributed by atoms with Crippen LogP contribution in [0.2, 0.25) is 5.02 Å². The molecule has 5 heteroatoms. The number of benzene rings is 3. The predicted molar refractivity (Wildman–Crippen MR) is 93.5 cm³/mol. The van der Waals surface area contributed by atoms with Crippen LogP contribution in [0.1, 0.15) is 10.4 Å². The van der Waals surface area contributed by atoms with Gasteiger partial charge in [-0.15, -0.1) is 0 Å². The first-order valence-electron chi connectivity index (χ1n) is 7.26. The molecule has 0 radical (unpaired) electrons. The fourth-order valence-corrected chi connectivity index (χ4v) is 2.75. The number of halogens is 1. The third-order valence-electron chi connectivity index (χ3n) is 3.67. The zero-order chi connectivity index (χ0) is 17.1. The average molecular weight is 343 g/mol. The van der Waals surface area contributed by atoms with E-state index in [-0.39, 0.29) is 5.56 Å². The van der Waals surface area contributed by atoms with Crippen molar-refractivity contribution in [1.82, 2.24) is 0 Å². The SMILES string of the molecule is COc1cccc(OC)c1C(=O)Oc1ccc(Cl)c2ccccc12. The summed E-state index contributed by atoms with van der Waals surface area (Å²) in [6.07, 6.45) is 0. The largest absolute Gasteiger partial charge is 0.496 e. The molecule has 0 amide bonds. The Hall–Kier alpha value is -2.72. The molecule has 122 valence electrons. The lowest BCUT2D eigenvalue weighted by molar-refractivity contribution is 0.0730. The highest BCUT2D eigenvalue weighted by Crippen LogP contribution is 2.34. The van der Waals surface area contributed by atoms with Crippen molar-refractivity contribution in [2.75, 3.05) is 14.2 Å². The molecule has 0 aliphatic carbocycles. The summed E-state index contributed by atoms with van der Waals surface area (Å²) in [5, 5.41) is 2.17. The number of hydrogen-bond donors (Lipinski definition) is 0. The summed E-state index contributed by atoms with van der Waals surface area (Å²) >= 11 is 6.20. The quantitative estimate of drug-likeness (QED) is 0.508.